The highest BCUT2D eigenvalue weighted by molar-refractivity contribution is 5.88. The summed E-state index contributed by atoms with van der Waals surface area (Å²) in [6, 6.07) is 14.9. The Morgan fingerprint density at radius 2 is 1.85 bits per heavy atom. The fraction of sp³-hybridized carbons (Fsp3) is 0.200. The van der Waals surface area contributed by atoms with Crippen molar-refractivity contribution >= 4 is 17.3 Å². The number of carbonyl (C=O) groups is 1. The monoisotopic (exact) mass is 361 g/mol. The van der Waals surface area contributed by atoms with Crippen molar-refractivity contribution in [2.45, 2.75) is 26.8 Å². The maximum Gasteiger partial charge on any atom is 0.258 e. The van der Waals surface area contributed by atoms with E-state index in [1.165, 1.54) is 6.92 Å². The normalized spacial score (nSPS) is 10.5. The largest absolute Gasteiger partial charge is 0.382 e. The van der Waals surface area contributed by atoms with Crippen molar-refractivity contribution in [3.63, 3.8) is 0 Å². The first-order valence-electron chi connectivity index (χ1n) is 8.49. The van der Waals surface area contributed by atoms with Crippen LogP contribution < -0.4 is 10.6 Å². The van der Waals surface area contributed by atoms with E-state index in [2.05, 4.69) is 26.8 Å². The van der Waals surface area contributed by atoms with Crippen molar-refractivity contribution in [1.82, 2.24) is 10.1 Å². The third-order valence-electron chi connectivity index (χ3n) is 3.72. The summed E-state index contributed by atoms with van der Waals surface area (Å²) in [5, 5.41) is 19.3. The molecule has 136 valence electrons. The highest BCUT2D eigenvalue weighted by atomic mass is 16.5. The van der Waals surface area contributed by atoms with Gasteiger partial charge in [-0.1, -0.05) is 5.16 Å². The van der Waals surface area contributed by atoms with Crippen molar-refractivity contribution in [3.05, 3.63) is 48.0 Å². The molecule has 2 N–H and O–H groups in total. The van der Waals surface area contributed by atoms with Gasteiger partial charge in [-0.25, -0.2) is 0 Å². The van der Waals surface area contributed by atoms with Crippen LogP contribution in [0.25, 0.3) is 22.8 Å². The van der Waals surface area contributed by atoms with Gasteiger partial charge in [0.2, 0.25) is 11.7 Å². The molecule has 0 spiro atoms. The summed E-state index contributed by atoms with van der Waals surface area (Å²) in [6.07, 6.45) is 0. The van der Waals surface area contributed by atoms with Crippen LogP contribution in [0.2, 0.25) is 0 Å². The van der Waals surface area contributed by atoms with Crippen LogP contribution in [0.4, 0.5) is 11.4 Å². The molecule has 0 saturated heterocycles. The minimum atomic E-state index is -0.131. The number of rotatable bonds is 5. The second-order valence-electron chi connectivity index (χ2n) is 6.35. The Morgan fingerprint density at radius 3 is 2.48 bits per heavy atom. The van der Waals surface area contributed by atoms with E-state index >= 15 is 0 Å². The number of nitrogens with zero attached hydrogens (tertiary/aromatic N) is 3. The van der Waals surface area contributed by atoms with Crippen LogP contribution in [0.15, 0.2) is 47.0 Å². The SMILES string of the molecule is CC(=O)Nc1ccc(-c2noc(-c3ccc(NC(C)C)c(C#N)c3)n2)cc1. The number of hydrogen-bond donors (Lipinski definition) is 2. The van der Waals surface area contributed by atoms with E-state index in [4.69, 9.17) is 4.52 Å². The quantitative estimate of drug-likeness (QED) is 0.710. The van der Waals surface area contributed by atoms with Crippen LogP contribution >= 0.6 is 0 Å². The summed E-state index contributed by atoms with van der Waals surface area (Å²) in [5.74, 6) is 0.638. The Balaban J connectivity index is 1.85. The molecule has 1 aromatic heterocycles. The van der Waals surface area contributed by atoms with Gasteiger partial charge < -0.3 is 15.2 Å². The summed E-state index contributed by atoms with van der Waals surface area (Å²) in [5.41, 5.74) is 3.42. The lowest BCUT2D eigenvalue weighted by Gasteiger charge is -2.11. The number of amides is 1. The number of benzene rings is 2. The highest BCUT2D eigenvalue weighted by Crippen LogP contribution is 2.27. The second-order valence-corrected chi connectivity index (χ2v) is 6.35. The molecule has 7 nitrogen and oxygen atoms in total. The maximum absolute atomic E-state index is 11.1. The molecule has 1 amide bonds. The number of carbonyl (C=O) groups excluding carboxylic acids is 1. The molecule has 7 heteroatoms. The highest BCUT2D eigenvalue weighted by Gasteiger charge is 2.13. The lowest BCUT2D eigenvalue weighted by atomic mass is 10.1. The number of nitriles is 1. The second kappa shape index (κ2) is 7.70. The van der Waals surface area contributed by atoms with Crippen LogP contribution in [0, 0.1) is 11.3 Å². The Kier molecular flexibility index (Phi) is 5.18. The smallest absolute Gasteiger partial charge is 0.258 e. The van der Waals surface area contributed by atoms with Gasteiger partial charge in [-0.2, -0.15) is 10.2 Å². The van der Waals surface area contributed by atoms with Gasteiger partial charge in [-0.15, -0.1) is 0 Å². The van der Waals surface area contributed by atoms with Crippen LogP contribution in [-0.2, 0) is 4.79 Å². The molecule has 27 heavy (non-hydrogen) atoms. The molecule has 0 aliphatic carbocycles. The average Bonchev–Trinajstić information content (AvgIpc) is 3.12. The first-order valence-corrected chi connectivity index (χ1v) is 8.49. The molecule has 0 unspecified atom stereocenters. The van der Waals surface area contributed by atoms with Gasteiger partial charge in [-0.3, -0.25) is 4.79 Å². The molecule has 0 radical (unpaired) electrons. The van der Waals surface area contributed by atoms with Crippen LogP contribution in [0.1, 0.15) is 26.3 Å². The third kappa shape index (κ3) is 4.30. The van der Waals surface area contributed by atoms with Crippen molar-refractivity contribution in [3.8, 4) is 28.9 Å². The summed E-state index contributed by atoms with van der Waals surface area (Å²) >= 11 is 0. The lowest BCUT2D eigenvalue weighted by Crippen LogP contribution is -2.10. The first-order chi connectivity index (χ1) is 13.0. The minimum absolute atomic E-state index is 0.131. The molecule has 0 saturated carbocycles. The Bertz CT molecular complexity index is 1000. The molecule has 0 aliphatic rings. The maximum atomic E-state index is 11.1. The third-order valence-corrected chi connectivity index (χ3v) is 3.72. The molecule has 2 aromatic carbocycles. The zero-order chi connectivity index (χ0) is 19.4. The number of aromatic nitrogens is 2. The van der Waals surface area contributed by atoms with Crippen molar-refractivity contribution < 1.29 is 9.32 Å². The van der Waals surface area contributed by atoms with Gasteiger partial charge in [0.1, 0.15) is 6.07 Å². The fourth-order valence-electron chi connectivity index (χ4n) is 2.57. The van der Waals surface area contributed by atoms with E-state index in [9.17, 15) is 10.1 Å². The number of anilines is 2. The predicted octanol–water partition coefficient (Wildman–Crippen LogP) is 4.05. The molecule has 1 heterocycles. The van der Waals surface area contributed by atoms with E-state index in [0.29, 0.717) is 28.5 Å². The number of nitrogens with one attached hydrogen (secondary N) is 2. The van der Waals surface area contributed by atoms with Crippen molar-refractivity contribution in [1.29, 1.82) is 5.26 Å². The van der Waals surface area contributed by atoms with E-state index in [0.717, 1.165) is 11.3 Å². The van der Waals surface area contributed by atoms with Gasteiger partial charge in [0.05, 0.1) is 11.3 Å². The van der Waals surface area contributed by atoms with Gasteiger partial charge in [-0.05, 0) is 56.3 Å². The van der Waals surface area contributed by atoms with Crippen LogP contribution in [-0.4, -0.2) is 22.1 Å². The Labute approximate surface area is 157 Å². The van der Waals surface area contributed by atoms with Crippen molar-refractivity contribution in [2.75, 3.05) is 10.6 Å². The van der Waals surface area contributed by atoms with Gasteiger partial charge in [0, 0.05) is 29.8 Å². The molecule has 0 bridgehead atoms. The van der Waals surface area contributed by atoms with E-state index < -0.39 is 0 Å². The van der Waals surface area contributed by atoms with E-state index in [1.807, 2.05) is 26.0 Å². The standard InChI is InChI=1S/C20H19N5O2/c1-12(2)22-18-9-6-15(10-16(18)11-21)20-24-19(25-27-20)14-4-7-17(8-5-14)23-13(3)26/h4-10,12,22H,1-3H3,(H,23,26). The molecule has 3 rings (SSSR count). The van der Waals surface area contributed by atoms with Crippen LogP contribution in [0.5, 0.6) is 0 Å². The first kappa shape index (κ1) is 18.1. The summed E-state index contributed by atoms with van der Waals surface area (Å²) in [7, 11) is 0. The Morgan fingerprint density at radius 1 is 1.15 bits per heavy atom. The summed E-state index contributed by atoms with van der Waals surface area (Å²) in [6.45, 7) is 5.48. The van der Waals surface area contributed by atoms with E-state index in [1.54, 1.807) is 30.3 Å². The van der Waals surface area contributed by atoms with Gasteiger partial charge >= 0.3 is 0 Å². The summed E-state index contributed by atoms with van der Waals surface area (Å²) < 4.78 is 5.36. The topological polar surface area (TPSA) is 104 Å². The van der Waals surface area contributed by atoms with Crippen molar-refractivity contribution in [2.24, 2.45) is 0 Å². The van der Waals surface area contributed by atoms with Gasteiger partial charge in [0.15, 0.2) is 0 Å². The van der Waals surface area contributed by atoms with Gasteiger partial charge in [0.25, 0.3) is 5.89 Å². The zero-order valence-corrected chi connectivity index (χ0v) is 15.3. The number of hydrogen-bond acceptors (Lipinski definition) is 6. The molecular weight excluding hydrogens is 342 g/mol. The molecule has 0 fully saturated rings. The average molecular weight is 361 g/mol. The molecule has 0 atom stereocenters. The molecule has 3 aromatic rings. The predicted molar refractivity (Wildman–Crippen MR) is 103 cm³/mol. The minimum Gasteiger partial charge on any atom is -0.382 e. The molecule has 0 aliphatic heterocycles. The fourth-order valence-corrected chi connectivity index (χ4v) is 2.57. The summed E-state index contributed by atoms with van der Waals surface area (Å²) in [4.78, 5) is 15.5. The lowest BCUT2D eigenvalue weighted by molar-refractivity contribution is -0.114. The molecular formula is C20H19N5O2. The van der Waals surface area contributed by atoms with Crippen LogP contribution in [0.3, 0.4) is 0 Å². The zero-order valence-electron chi connectivity index (χ0n) is 15.3. The Hall–Kier alpha value is -3.66. The van der Waals surface area contributed by atoms with E-state index in [-0.39, 0.29) is 11.9 Å².